The number of nitrogens with one attached hydrogen (secondary N) is 1. The smallest absolute Gasteiger partial charge is 0.256 e. The highest BCUT2D eigenvalue weighted by atomic mass is 35.5. The standard InChI is InChI=1S/C24H17ClN2O3/c25-16-7-5-15(6-8-16)21-14-19(18-3-1-2-4-20(18)27-21)24(28)26-17-9-10-22-23(13-17)30-12-11-29-22/h1-10,13-14H,11-12H2,(H,26,28). The maximum absolute atomic E-state index is 13.2. The molecule has 3 aromatic carbocycles. The van der Waals surface area contributed by atoms with Crippen molar-refractivity contribution in [1.29, 1.82) is 0 Å². The van der Waals surface area contributed by atoms with E-state index in [2.05, 4.69) is 5.32 Å². The van der Waals surface area contributed by atoms with E-state index < -0.39 is 0 Å². The van der Waals surface area contributed by atoms with Crippen LogP contribution >= 0.6 is 11.6 Å². The summed E-state index contributed by atoms with van der Waals surface area (Å²) in [4.78, 5) is 17.9. The molecular weight excluding hydrogens is 400 g/mol. The predicted octanol–water partition coefficient (Wildman–Crippen LogP) is 5.58. The molecule has 1 aromatic heterocycles. The number of ether oxygens (including phenoxy) is 2. The Morgan fingerprint density at radius 3 is 2.50 bits per heavy atom. The molecule has 6 heteroatoms. The van der Waals surface area contributed by atoms with Crippen molar-refractivity contribution in [2.45, 2.75) is 0 Å². The van der Waals surface area contributed by atoms with Gasteiger partial charge in [-0.2, -0.15) is 0 Å². The minimum Gasteiger partial charge on any atom is -0.486 e. The molecule has 30 heavy (non-hydrogen) atoms. The normalized spacial score (nSPS) is 12.6. The number of benzene rings is 3. The highest BCUT2D eigenvalue weighted by Gasteiger charge is 2.16. The third-order valence-corrected chi connectivity index (χ3v) is 5.15. The Morgan fingerprint density at radius 1 is 0.900 bits per heavy atom. The topological polar surface area (TPSA) is 60.5 Å². The molecule has 2 heterocycles. The van der Waals surface area contributed by atoms with Gasteiger partial charge in [-0.05, 0) is 36.4 Å². The number of carbonyl (C=O) groups excluding carboxylic acids is 1. The molecule has 0 unspecified atom stereocenters. The van der Waals surface area contributed by atoms with Crippen LogP contribution in [0.1, 0.15) is 10.4 Å². The van der Waals surface area contributed by atoms with Crippen LogP contribution in [-0.4, -0.2) is 24.1 Å². The summed E-state index contributed by atoms with van der Waals surface area (Å²) in [7, 11) is 0. The van der Waals surface area contributed by atoms with Crippen molar-refractivity contribution < 1.29 is 14.3 Å². The second-order valence-corrected chi connectivity index (χ2v) is 7.33. The molecule has 5 rings (SSSR count). The average Bonchev–Trinajstić information content (AvgIpc) is 2.78. The van der Waals surface area contributed by atoms with Crippen LogP contribution in [0.3, 0.4) is 0 Å². The summed E-state index contributed by atoms with van der Waals surface area (Å²) >= 11 is 6.01. The van der Waals surface area contributed by atoms with Gasteiger partial charge < -0.3 is 14.8 Å². The van der Waals surface area contributed by atoms with E-state index in [-0.39, 0.29) is 5.91 Å². The summed E-state index contributed by atoms with van der Waals surface area (Å²) in [6.07, 6.45) is 0. The van der Waals surface area contributed by atoms with Crippen LogP contribution in [0.25, 0.3) is 22.2 Å². The van der Waals surface area contributed by atoms with Crippen LogP contribution in [0, 0.1) is 0 Å². The molecular formula is C24H17ClN2O3. The van der Waals surface area contributed by atoms with Crippen LogP contribution in [0.5, 0.6) is 11.5 Å². The SMILES string of the molecule is O=C(Nc1ccc2c(c1)OCCO2)c1cc(-c2ccc(Cl)cc2)nc2ccccc12. The van der Waals surface area contributed by atoms with Crippen molar-refractivity contribution in [3.63, 3.8) is 0 Å². The number of para-hydroxylation sites is 1. The zero-order valence-corrected chi connectivity index (χ0v) is 16.6. The number of anilines is 1. The predicted molar refractivity (Wildman–Crippen MR) is 118 cm³/mol. The Kier molecular flexibility index (Phi) is 4.73. The van der Waals surface area contributed by atoms with Crippen LogP contribution in [0.15, 0.2) is 72.8 Å². The number of hydrogen-bond donors (Lipinski definition) is 1. The summed E-state index contributed by atoms with van der Waals surface area (Å²) in [6.45, 7) is 1.01. The van der Waals surface area contributed by atoms with E-state index in [1.807, 2.05) is 48.5 Å². The fourth-order valence-electron chi connectivity index (χ4n) is 3.45. The van der Waals surface area contributed by atoms with Crippen molar-refractivity contribution in [3.8, 4) is 22.8 Å². The molecule has 0 aliphatic carbocycles. The van der Waals surface area contributed by atoms with E-state index in [1.165, 1.54) is 0 Å². The Labute approximate surface area is 178 Å². The molecule has 0 bridgehead atoms. The first kappa shape index (κ1) is 18.5. The van der Waals surface area contributed by atoms with Crippen molar-refractivity contribution in [2.24, 2.45) is 0 Å². The van der Waals surface area contributed by atoms with Gasteiger partial charge in [-0.15, -0.1) is 0 Å². The van der Waals surface area contributed by atoms with E-state index in [4.69, 9.17) is 26.1 Å². The molecule has 1 amide bonds. The number of aromatic nitrogens is 1. The Morgan fingerprint density at radius 2 is 1.67 bits per heavy atom. The lowest BCUT2D eigenvalue weighted by Gasteiger charge is -2.19. The van der Waals surface area contributed by atoms with Crippen molar-refractivity contribution >= 4 is 34.1 Å². The molecule has 0 fully saturated rings. The number of rotatable bonds is 3. The van der Waals surface area contributed by atoms with Gasteiger partial charge in [0, 0.05) is 27.7 Å². The van der Waals surface area contributed by atoms with Gasteiger partial charge in [-0.25, -0.2) is 4.98 Å². The summed E-state index contributed by atoms with van der Waals surface area (Å²) in [5.41, 5.74) is 3.52. The average molecular weight is 417 g/mol. The first-order valence-electron chi connectivity index (χ1n) is 9.54. The minimum atomic E-state index is -0.222. The van der Waals surface area contributed by atoms with E-state index in [9.17, 15) is 4.79 Å². The fraction of sp³-hybridized carbons (Fsp3) is 0.0833. The Balaban J connectivity index is 1.54. The monoisotopic (exact) mass is 416 g/mol. The number of hydrogen-bond acceptors (Lipinski definition) is 4. The molecule has 0 spiro atoms. The molecule has 1 N–H and O–H groups in total. The van der Waals surface area contributed by atoms with Gasteiger partial charge in [0.25, 0.3) is 5.91 Å². The Hall–Kier alpha value is -3.57. The van der Waals surface area contributed by atoms with Gasteiger partial charge in [-0.3, -0.25) is 4.79 Å². The van der Waals surface area contributed by atoms with E-state index >= 15 is 0 Å². The summed E-state index contributed by atoms with van der Waals surface area (Å²) in [6, 6.07) is 22.2. The zero-order valence-electron chi connectivity index (χ0n) is 15.9. The lowest BCUT2D eigenvalue weighted by molar-refractivity contribution is 0.102. The second kappa shape index (κ2) is 7.69. The lowest BCUT2D eigenvalue weighted by Crippen LogP contribution is -2.16. The largest absolute Gasteiger partial charge is 0.486 e. The maximum Gasteiger partial charge on any atom is 0.256 e. The molecule has 5 nitrogen and oxygen atoms in total. The summed E-state index contributed by atoms with van der Waals surface area (Å²) in [5, 5.41) is 4.40. The van der Waals surface area contributed by atoms with Crippen LogP contribution in [0.4, 0.5) is 5.69 Å². The first-order valence-corrected chi connectivity index (χ1v) is 9.92. The quantitative estimate of drug-likeness (QED) is 0.473. The van der Waals surface area contributed by atoms with Crippen LogP contribution < -0.4 is 14.8 Å². The highest BCUT2D eigenvalue weighted by molar-refractivity contribution is 6.30. The van der Waals surface area contributed by atoms with E-state index in [0.717, 1.165) is 16.5 Å². The molecule has 0 saturated carbocycles. The van der Waals surface area contributed by atoms with Gasteiger partial charge in [0.15, 0.2) is 11.5 Å². The number of halogens is 1. The van der Waals surface area contributed by atoms with Gasteiger partial charge in [-0.1, -0.05) is 41.9 Å². The summed E-state index contributed by atoms with van der Waals surface area (Å²) in [5.74, 6) is 1.08. The second-order valence-electron chi connectivity index (χ2n) is 6.89. The first-order chi connectivity index (χ1) is 14.7. The van der Waals surface area contributed by atoms with Crippen molar-refractivity contribution in [1.82, 2.24) is 4.98 Å². The molecule has 148 valence electrons. The third kappa shape index (κ3) is 3.55. The fourth-order valence-corrected chi connectivity index (χ4v) is 3.58. The maximum atomic E-state index is 13.2. The van der Waals surface area contributed by atoms with Crippen molar-refractivity contribution in [3.05, 3.63) is 83.4 Å². The minimum absolute atomic E-state index is 0.222. The van der Waals surface area contributed by atoms with Gasteiger partial charge in [0.1, 0.15) is 13.2 Å². The number of pyridine rings is 1. The number of fused-ring (bicyclic) bond motifs is 2. The van der Waals surface area contributed by atoms with E-state index in [0.29, 0.717) is 46.7 Å². The summed E-state index contributed by atoms with van der Waals surface area (Å²) < 4.78 is 11.2. The van der Waals surface area contributed by atoms with Gasteiger partial charge in [0.2, 0.25) is 0 Å². The molecule has 4 aromatic rings. The van der Waals surface area contributed by atoms with Crippen LogP contribution in [0.2, 0.25) is 5.02 Å². The third-order valence-electron chi connectivity index (χ3n) is 4.90. The zero-order chi connectivity index (χ0) is 20.5. The molecule has 1 aliphatic heterocycles. The molecule has 0 radical (unpaired) electrons. The van der Waals surface area contributed by atoms with Gasteiger partial charge >= 0.3 is 0 Å². The number of amides is 1. The number of nitrogens with zero attached hydrogens (tertiary/aromatic N) is 1. The van der Waals surface area contributed by atoms with Crippen molar-refractivity contribution in [2.75, 3.05) is 18.5 Å². The number of carbonyl (C=O) groups is 1. The highest BCUT2D eigenvalue weighted by Crippen LogP contribution is 2.33. The Bertz CT molecular complexity index is 1260. The molecule has 1 aliphatic rings. The molecule has 0 atom stereocenters. The van der Waals surface area contributed by atoms with E-state index in [1.54, 1.807) is 24.3 Å². The molecule has 0 saturated heterocycles. The lowest BCUT2D eigenvalue weighted by atomic mass is 10.0. The van der Waals surface area contributed by atoms with Gasteiger partial charge in [0.05, 0.1) is 16.8 Å². The van der Waals surface area contributed by atoms with Crippen LogP contribution in [-0.2, 0) is 0 Å².